The summed E-state index contributed by atoms with van der Waals surface area (Å²) in [5, 5.41) is 5.45. The molecule has 0 atom stereocenters. The van der Waals surface area contributed by atoms with Gasteiger partial charge in [0.05, 0.1) is 0 Å². The first-order valence-corrected chi connectivity index (χ1v) is 7.20. The van der Waals surface area contributed by atoms with Crippen LogP contribution in [0.3, 0.4) is 0 Å². The Balaban J connectivity index is 1.93. The molecule has 0 fully saturated rings. The molecule has 0 aliphatic carbocycles. The Kier molecular flexibility index (Phi) is 5.60. The first kappa shape index (κ1) is 15.6. The molecule has 0 aromatic heterocycles. The molecule has 0 aliphatic heterocycles. The Morgan fingerprint density at radius 2 is 1.82 bits per heavy atom. The van der Waals surface area contributed by atoms with Crippen LogP contribution in [0.15, 0.2) is 67.3 Å². The van der Waals surface area contributed by atoms with Gasteiger partial charge >= 0.3 is 6.03 Å². The molecule has 4 nitrogen and oxygen atoms in total. The lowest BCUT2D eigenvalue weighted by Gasteiger charge is -2.19. The van der Waals surface area contributed by atoms with Crippen molar-refractivity contribution in [3.8, 4) is 0 Å². The van der Waals surface area contributed by atoms with Crippen molar-refractivity contribution in [1.29, 1.82) is 0 Å². The Labute approximate surface area is 131 Å². The molecular weight excluding hydrogens is 274 g/mol. The van der Waals surface area contributed by atoms with Crippen LogP contribution in [-0.2, 0) is 6.54 Å². The van der Waals surface area contributed by atoms with Crippen molar-refractivity contribution in [2.75, 3.05) is 23.8 Å². The van der Waals surface area contributed by atoms with E-state index in [0.29, 0.717) is 6.54 Å². The molecule has 2 aromatic carbocycles. The Morgan fingerprint density at radius 1 is 1.14 bits per heavy atom. The van der Waals surface area contributed by atoms with Crippen molar-refractivity contribution in [3.05, 3.63) is 72.8 Å². The third-order valence-electron chi connectivity index (χ3n) is 3.24. The number of rotatable bonds is 6. The van der Waals surface area contributed by atoms with E-state index in [0.717, 1.165) is 17.9 Å². The molecule has 0 aliphatic rings. The molecule has 0 radical (unpaired) electrons. The lowest BCUT2D eigenvalue weighted by molar-refractivity contribution is 0.253. The maximum absolute atomic E-state index is 11.6. The number of amides is 2. The number of benzene rings is 2. The van der Waals surface area contributed by atoms with Crippen molar-refractivity contribution in [3.63, 3.8) is 0 Å². The topological polar surface area (TPSA) is 44.4 Å². The van der Waals surface area contributed by atoms with Crippen LogP contribution in [0.25, 0.3) is 0 Å². The summed E-state index contributed by atoms with van der Waals surface area (Å²) >= 11 is 0. The molecule has 0 unspecified atom stereocenters. The molecule has 2 amide bonds. The highest BCUT2D eigenvalue weighted by Crippen LogP contribution is 2.18. The molecule has 0 saturated carbocycles. The van der Waals surface area contributed by atoms with Gasteiger partial charge in [-0.2, -0.15) is 0 Å². The lowest BCUT2D eigenvalue weighted by Crippen LogP contribution is -2.28. The normalized spacial score (nSPS) is 9.86. The molecule has 2 aromatic rings. The summed E-state index contributed by atoms with van der Waals surface area (Å²) in [6, 6.07) is 17.8. The van der Waals surface area contributed by atoms with Gasteiger partial charge in [-0.1, -0.05) is 36.4 Å². The summed E-state index contributed by atoms with van der Waals surface area (Å²) in [5.41, 5.74) is 3.12. The van der Waals surface area contributed by atoms with Crippen LogP contribution < -0.4 is 15.5 Å². The minimum atomic E-state index is -0.231. The van der Waals surface area contributed by atoms with Crippen LogP contribution in [0.1, 0.15) is 5.56 Å². The van der Waals surface area contributed by atoms with Gasteiger partial charge in [0.25, 0.3) is 0 Å². The summed E-state index contributed by atoms with van der Waals surface area (Å²) < 4.78 is 0. The van der Waals surface area contributed by atoms with Crippen LogP contribution in [0.5, 0.6) is 0 Å². The highest BCUT2D eigenvalue weighted by atomic mass is 16.2. The number of hydrogen-bond donors (Lipinski definition) is 2. The second-order valence-electron chi connectivity index (χ2n) is 5.01. The van der Waals surface area contributed by atoms with E-state index < -0.39 is 0 Å². The van der Waals surface area contributed by atoms with E-state index in [2.05, 4.69) is 34.2 Å². The number of nitrogens with zero attached hydrogens (tertiary/aromatic N) is 1. The van der Waals surface area contributed by atoms with Crippen LogP contribution >= 0.6 is 0 Å². The second kappa shape index (κ2) is 7.88. The van der Waals surface area contributed by atoms with Crippen molar-refractivity contribution >= 4 is 17.4 Å². The lowest BCUT2D eigenvalue weighted by atomic mass is 10.2. The third kappa shape index (κ3) is 4.66. The zero-order valence-corrected chi connectivity index (χ0v) is 12.8. The summed E-state index contributed by atoms with van der Waals surface area (Å²) in [6.07, 6.45) is 1.64. The maximum atomic E-state index is 11.6. The highest BCUT2D eigenvalue weighted by Gasteiger charge is 2.04. The molecule has 0 spiro atoms. The summed E-state index contributed by atoms with van der Waals surface area (Å²) in [7, 11) is 2.05. The SMILES string of the molecule is C=CCNC(=O)Nc1ccc(N(C)Cc2ccccc2)cc1. The average Bonchev–Trinajstić information content (AvgIpc) is 2.54. The zero-order chi connectivity index (χ0) is 15.8. The molecule has 0 saturated heterocycles. The average molecular weight is 295 g/mol. The quantitative estimate of drug-likeness (QED) is 0.799. The summed E-state index contributed by atoms with van der Waals surface area (Å²) in [4.78, 5) is 13.7. The smallest absolute Gasteiger partial charge is 0.319 e. The van der Waals surface area contributed by atoms with E-state index in [1.807, 2.05) is 49.5 Å². The molecule has 22 heavy (non-hydrogen) atoms. The van der Waals surface area contributed by atoms with E-state index in [-0.39, 0.29) is 6.03 Å². The summed E-state index contributed by atoms with van der Waals surface area (Å²) in [6.45, 7) is 4.85. The Hall–Kier alpha value is -2.75. The van der Waals surface area contributed by atoms with Crippen molar-refractivity contribution in [1.82, 2.24) is 5.32 Å². The number of hydrogen-bond acceptors (Lipinski definition) is 2. The van der Waals surface area contributed by atoms with Gasteiger partial charge in [0, 0.05) is 31.5 Å². The van der Waals surface area contributed by atoms with E-state index in [1.54, 1.807) is 6.08 Å². The van der Waals surface area contributed by atoms with E-state index in [1.165, 1.54) is 5.56 Å². The van der Waals surface area contributed by atoms with Gasteiger partial charge in [-0.25, -0.2) is 4.79 Å². The molecule has 0 heterocycles. The largest absolute Gasteiger partial charge is 0.370 e. The van der Waals surface area contributed by atoms with Crippen LogP contribution in [-0.4, -0.2) is 19.6 Å². The number of carbonyl (C=O) groups is 1. The first-order valence-electron chi connectivity index (χ1n) is 7.20. The predicted molar refractivity (Wildman–Crippen MR) is 92.2 cm³/mol. The predicted octanol–water partition coefficient (Wildman–Crippen LogP) is 3.63. The van der Waals surface area contributed by atoms with Crippen LogP contribution in [0.4, 0.5) is 16.2 Å². The highest BCUT2D eigenvalue weighted by molar-refractivity contribution is 5.89. The molecule has 4 heteroatoms. The minimum absolute atomic E-state index is 0.231. The minimum Gasteiger partial charge on any atom is -0.370 e. The standard InChI is InChI=1S/C18H21N3O/c1-3-13-19-18(22)20-16-9-11-17(12-10-16)21(2)14-15-7-5-4-6-8-15/h3-12H,1,13-14H2,2H3,(H2,19,20,22). The number of carbonyl (C=O) groups excluding carboxylic acids is 1. The van der Waals surface area contributed by atoms with Gasteiger partial charge in [-0.3, -0.25) is 0 Å². The van der Waals surface area contributed by atoms with E-state index in [4.69, 9.17) is 0 Å². The van der Waals surface area contributed by atoms with Gasteiger partial charge in [0.15, 0.2) is 0 Å². The number of nitrogens with one attached hydrogen (secondary N) is 2. The Bertz CT molecular complexity index is 608. The molecule has 2 rings (SSSR count). The fourth-order valence-electron chi connectivity index (χ4n) is 2.09. The summed E-state index contributed by atoms with van der Waals surface area (Å²) in [5.74, 6) is 0. The third-order valence-corrected chi connectivity index (χ3v) is 3.24. The molecule has 0 bridgehead atoms. The number of anilines is 2. The van der Waals surface area contributed by atoms with E-state index >= 15 is 0 Å². The van der Waals surface area contributed by atoms with Gasteiger partial charge < -0.3 is 15.5 Å². The van der Waals surface area contributed by atoms with Crippen LogP contribution in [0.2, 0.25) is 0 Å². The van der Waals surface area contributed by atoms with Crippen LogP contribution in [0, 0.1) is 0 Å². The van der Waals surface area contributed by atoms with Crippen molar-refractivity contribution in [2.24, 2.45) is 0 Å². The molecule has 2 N–H and O–H groups in total. The van der Waals surface area contributed by atoms with Gasteiger partial charge in [0.2, 0.25) is 0 Å². The van der Waals surface area contributed by atoms with Gasteiger partial charge in [-0.05, 0) is 29.8 Å². The van der Waals surface area contributed by atoms with Gasteiger partial charge in [-0.15, -0.1) is 6.58 Å². The molecule has 114 valence electrons. The Morgan fingerprint density at radius 3 is 2.45 bits per heavy atom. The van der Waals surface area contributed by atoms with Crippen molar-refractivity contribution < 1.29 is 4.79 Å². The van der Waals surface area contributed by atoms with Crippen molar-refractivity contribution in [2.45, 2.75) is 6.54 Å². The monoisotopic (exact) mass is 295 g/mol. The first-order chi connectivity index (χ1) is 10.7. The maximum Gasteiger partial charge on any atom is 0.319 e. The fourth-order valence-corrected chi connectivity index (χ4v) is 2.09. The zero-order valence-electron chi connectivity index (χ0n) is 12.8. The molecular formula is C18H21N3O. The number of urea groups is 1. The van der Waals surface area contributed by atoms with E-state index in [9.17, 15) is 4.79 Å². The fraction of sp³-hybridized carbons (Fsp3) is 0.167. The van der Waals surface area contributed by atoms with Gasteiger partial charge in [0.1, 0.15) is 0 Å². The second-order valence-corrected chi connectivity index (χ2v) is 5.01.